The lowest BCUT2D eigenvalue weighted by molar-refractivity contribution is 0.0731. The van der Waals surface area contributed by atoms with Crippen LogP contribution in [-0.2, 0) is 0 Å². The Morgan fingerprint density at radius 2 is 2.24 bits per heavy atom. The number of rotatable bonds is 3. The summed E-state index contributed by atoms with van der Waals surface area (Å²) < 4.78 is 5.30. The van der Waals surface area contributed by atoms with Crippen LogP contribution in [0.2, 0.25) is 0 Å². The van der Waals surface area contributed by atoms with Crippen LogP contribution in [0.1, 0.15) is 34.9 Å². The van der Waals surface area contributed by atoms with Crippen LogP contribution < -0.4 is 10.5 Å². The number of anilines is 1. The lowest BCUT2D eigenvalue weighted by Crippen LogP contribution is -2.31. The Morgan fingerprint density at radius 1 is 1.38 bits per heavy atom. The van der Waals surface area contributed by atoms with Gasteiger partial charge in [-0.2, -0.15) is 0 Å². The third-order valence-corrected chi connectivity index (χ3v) is 3.99. The molecule has 1 saturated heterocycles. The van der Waals surface area contributed by atoms with Crippen molar-refractivity contribution in [1.82, 2.24) is 9.88 Å². The van der Waals surface area contributed by atoms with Gasteiger partial charge in [0, 0.05) is 24.1 Å². The molecule has 0 spiro atoms. The van der Waals surface area contributed by atoms with Gasteiger partial charge in [0.1, 0.15) is 11.3 Å². The number of nitrogens with two attached hydrogens (primary N) is 1. The SMILES string of the molecule is COc1cccc(N)c1C(=O)N1CCCC1c1ccc[nH]1. The summed E-state index contributed by atoms with van der Waals surface area (Å²) in [6.07, 6.45) is 3.83. The third kappa shape index (κ3) is 2.35. The summed E-state index contributed by atoms with van der Waals surface area (Å²) in [5, 5.41) is 0. The quantitative estimate of drug-likeness (QED) is 0.851. The first kappa shape index (κ1) is 13.5. The van der Waals surface area contributed by atoms with E-state index in [1.54, 1.807) is 25.3 Å². The molecule has 1 unspecified atom stereocenters. The molecular formula is C16H19N3O2. The van der Waals surface area contributed by atoms with Crippen LogP contribution in [0, 0.1) is 0 Å². The van der Waals surface area contributed by atoms with E-state index in [0.717, 1.165) is 25.1 Å². The number of ether oxygens (including phenoxy) is 1. The lowest BCUT2D eigenvalue weighted by Gasteiger charge is -2.25. The molecule has 1 aromatic carbocycles. The normalized spacial score (nSPS) is 18.0. The van der Waals surface area contributed by atoms with Crippen molar-refractivity contribution in [2.24, 2.45) is 0 Å². The molecule has 0 saturated carbocycles. The minimum absolute atomic E-state index is 0.0675. The second-order valence-electron chi connectivity index (χ2n) is 5.21. The van der Waals surface area contributed by atoms with Crippen LogP contribution in [0.3, 0.4) is 0 Å². The first-order valence-electron chi connectivity index (χ1n) is 7.09. The molecule has 1 fully saturated rings. The predicted octanol–water partition coefficient (Wildman–Crippen LogP) is 2.58. The van der Waals surface area contributed by atoms with E-state index >= 15 is 0 Å². The van der Waals surface area contributed by atoms with Crippen molar-refractivity contribution < 1.29 is 9.53 Å². The maximum absolute atomic E-state index is 12.9. The molecule has 5 heteroatoms. The van der Waals surface area contributed by atoms with Gasteiger partial charge >= 0.3 is 0 Å². The molecule has 1 aliphatic rings. The highest BCUT2D eigenvalue weighted by atomic mass is 16.5. The fourth-order valence-electron chi connectivity index (χ4n) is 2.98. The number of aromatic amines is 1. The summed E-state index contributed by atoms with van der Waals surface area (Å²) in [4.78, 5) is 18.0. The number of hydrogen-bond acceptors (Lipinski definition) is 3. The van der Waals surface area contributed by atoms with Crippen molar-refractivity contribution in [3.63, 3.8) is 0 Å². The average Bonchev–Trinajstić information content (AvgIpc) is 3.16. The summed E-state index contributed by atoms with van der Waals surface area (Å²) in [7, 11) is 1.55. The second kappa shape index (κ2) is 5.52. The first-order chi connectivity index (χ1) is 10.2. The van der Waals surface area contributed by atoms with Gasteiger partial charge in [-0.05, 0) is 37.1 Å². The van der Waals surface area contributed by atoms with E-state index in [2.05, 4.69) is 4.98 Å². The second-order valence-corrected chi connectivity index (χ2v) is 5.21. The molecule has 3 N–H and O–H groups in total. The van der Waals surface area contributed by atoms with E-state index in [1.165, 1.54) is 0 Å². The fraction of sp³-hybridized carbons (Fsp3) is 0.312. The highest BCUT2D eigenvalue weighted by Gasteiger charge is 2.33. The highest BCUT2D eigenvalue weighted by molar-refractivity contribution is 6.02. The van der Waals surface area contributed by atoms with Crippen molar-refractivity contribution in [1.29, 1.82) is 0 Å². The largest absolute Gasteiger partial charge is 0.496 e. The summed E-state index contributed by atoms with van der Waals surface area (Å²) >= 11 is 0. The van der Waals surface area contributed by atoms with E-state index in [9.17, 15) is 4.79 Å². The van der Waals surface area contributed by atoms with E-state index in [0.29, 0.717) is 17.0 Å². The number of likely N-dealkylation sites (tertiary alicyclic amines) is 1. The van der Waals surface area contributed by atoms with Gasteiger partial charge in [0.2, 0.25) is 0 Å². The van der Waals surface area contributed by atoms with Crippen LogP contribution in [0.15, 0.2) is 36.5 Å². The van der Waals surface area contributed by atoms with Crippen LogP contribution in [-0.4, -0.2) is 29.4 Å². The third-order valence-electron chi connectivity index (χ3n) is 3.99. The number of hydrogen-bond donors (Lipinski definition) is 2. The predicted molar refractivity (Wildman–Crippen MR) is 81.2 cm³/mol. The molecule has 1 atom stereocenters. The van der Waals surface area contributed by atoms with Gasteiger partial charge in [0.05, 0.1) is 13.2 Å². The number of amides is 1. The first-order valence-corrected chi connectivity index (χ1v) is 7.09. The molecule has 0 aliphatic carbocycles. The van der Waals surface area contributed by atoms with Crippen LogP contribution in [0.5, 0.6) is 5.75 Å². The number of nitrogens with one attached hydrogen (secondary N) is 1. The molecule has 1 amide bonds. The highest BCUT2D eigenvalue weighted by Crippen LogP contribution is 2.35. The van der Waals surface area contributed by atoms with Gasteiger partial charge in [-0.3, -0.25) is 4.79 Å². The Hall–Kier alpha value is -2.43. The van der Waals surface area contributed by atoms with Gasteiger partial charge in [-0.25, -0.2) is 0 Å². The lowest BCUT2D eigenvalue weighted by atomic mass is 10.1. The Morgan fingerprint density at radius 3 is 2.95 bits per heavy atom. The minimum Gasteiger partial charge on any atom is -0.496 e. The number of methoxy groups -OCH3 is 1. The molecule has 1 aromatic heterocycles. The number of benzene rings is 1. The number of carbonyl (C=O) groups excluding carboxylic acids is 1. The number of aromatic nitrogens is 1. The number of H-pyrrole nitrogens is 1. The zero-order valence-electron chi connectivity index (χ0n) is 12.0. The molecule has 5 nitrogen and oxygen atoms in total. The average molecular weight is 285 g/mol. The maximum Gasteiger partial charge on any atom is 0.260 e. The Bertz CT molecular complexity index is 637. The zero-order chi connectivity index (χ0) is 14.8. The molecule has 2 aromatic rings. The summed E-state index contributed by atoms with van der Waals surface area (Å²) in [5.41, 5.74) is 7.97. The zero-order valence-corrected chi connectivity index (χ0v) is 12.0. The van der Waals surface area contributed by atoms with Crippen LogP contribution in [0.4, 0.5) is 5.69 Å². The van der Waals surface area contributed by atoms with Gasteiger partial charge < -0.3 is 20.4 Å². The fourth-order valence-corrected chi connectivity index (χ4v) is 2.98. The summed E-state index contributed by atoms with van der Waals surface area (Å²) in [6.45, 7) is 0.736. The van der Waals surface area contributed by atoms with Gasteiger partial charge in [0.25, 0.3) is 5.91 Å². The van der Waals surface area contributed by atoms with Crippen molar-refractivity contribution in [2.75, 3.05) is 19.4 Å². The number of carbonyl (C=O) groups is 1. The topological polar surface area (TPSA) is 71.3 Å². The van der Waals surface area contributed by atoms with Crippen LogP contribution >= 0.6 is 0 Å². The summed E-state index contributed by atoms with van der Waals surface area (Å²) in [5.74, 6) is 0.458. The number of nitrogens with zero attached hydrogens (tertiary/aromatic N) is 1. The Kier molecular flexibility index (Phi) is 3.56. The molecule has 21 heavy (non-hydrogen) atoms. The van der Waals surface area contributed by atoms with E-state index in [1.807, 2.05) is 23.2 Å². The van der Waals surface area contributed by atoms with E-state index in [4.69, 9.17) is 10.5 Å². The van der Waals surface area contributed by atoms with Crippen molar-refractivity contribution >= 4 is 11.6 Å². The van der Waals surface area contributed by atoms with E-state index < -0.39 is 0 Å². The van der Waals surface area contributed by atoms with Crippen LogP contribution in [0.25, 0.3) is 0 Å². The van der Waals surface area contributed by atoms with Crippen molar-refractivity contribution in [3.05, 3.63) is 47.8 Å². The van der Waals surface area contributed by atoms with E-state index in [-0.39, 0.29) is 11.9 Å². The molecule has 3 rings (SSSR count). The smallest absolute Gasteiger partial charge is 0.260 e. The van der Waals surface area contributed by atoms with Crippen molar-refractivity contribution in [2.45, 2.75) is 18.9 Å². The molecular weight excluding hydrogens is 266 g/mol. The summed E-state index contributed by atoms with van der Waals surface area (Å²) in [6, 6.07) is 9.34. The molecule has 0 bridgehead atoms. The Balaban J connectivity index is 1.95. The van der Waals surface area contributed by atoms with Gasteiger partial charge in [-0.15, -0.1) is 0 Å². The van der Waals surface area contributed by atoms with Gasteiger partial charge in [0.15, 0.2) is 0 Å². The minimum atomic E-state index is -0.0675. The molecule has 0 radical (unpaired) electrons. The van der Waals surface area contributed by atoms with Gasteiger partial charge in [-0.1, -0.05) is 6.07 Å². The number of nitrogen functional groups attached to an aromatic ring is 1. The maximum atomic E-state index is 12.9. The molecule has 1 aliphatic heterocycles. The Labute approximate surface area is 123 Å². The molecule has 110 valence electrons. The van der Waals surface area contributed by atoms with Crippen molar-refractivity contribution in [3.8, 4) is 5.75 Å². The standard InChI is InChI=1S/C16H19N3O2/c1-21-14-8-2-5-11(17)15(14)16(20)19-10-4-7-13(19)12-6-3-9-18-12/h2-3,5-6,8-9,13,18H,4,7,10,17H2,1H3. The monoisotopic (exact) mass is 285 g/mol. The molecule has 2 heterocycles.